The molecule has 0 bridgehead atoms. The van der Waals surface area contributed by atoms with Gasteiger partial charge in [0.2, 0.25) is 5.91 Å². The van der Waals surface area contributed by atoms with Crippen molar-refractivity contribution >= 4 is 11.9 Å². The maximum Gasteiger partial charge on any atom is 0.317 e. The predicted octanol–water partition coefficient (Wildman–Crippen LogP) is 1.80. The topological polar surface area (TPSA) is 52.7 Å². The molecule has 3 amide bonds. The first-order valence-electron chi connectivity index (χ1n) is 7.85. The second-order valence-electron chi connectivity index (χ2n) is 6.08. The van der Waals surface area contributed by atoms with Crippen LogP contribution in [-0.2, 0) is 11.2 Å². The zero-order valence-electron chi connectivity index (χ0n) is 13.6. The number of carbonyl (C=O) groups is 2. The monoisotopic (exact) mass is 303 g/mol. The number of rotatable bonds is 3. The fourth-order valence-electron chi connectivity index (χ4n) is 2.58. The minimum Gasteiger partial charge on any atom is -0.339 e. The molecule has 1 aromatic rings. The average molecular weight is 303 g/mol. The molecule has 1 aliphatic heterocycles. The molecule has 0 spiro atoms. The predicted molar refractivity (Wildman–Crippen MR) is 86.7 cm³/mol. The van der Waals surface area contributed by atoms with E-state index >= 15 is 0 Å². The fraction of sp³-hybridized carbons (Fsp3) is 0.529. The van der Waals surface area contributed by atoms with Crippen molar-refractivity contribution in [3.63, 3.8) is 0 Å². The van der Waals surface area contributed by atoms with Crippen molar-refractivity contribution in [3.8, 4) is 0 Å². The van der Waals surface area contributed by atoms with E-state index in [2.05, 4.69) is 5.32 Å². The molecule has 2 rings (SSSR count). The lowest BCUT2D eigenvalue weighted by atomic mass is 10.1. The van der Waals surface area contributed by atoms with E-state index in [-0.39, 0.29) is 18.0 Å². The normalized spacial score (nSPS) is 15.1. The summed E-state index contributed by atoms with van der Waals surface area (Å²) in [6.45, 7) is 8.32. The van der Waals surface area contributed by atoms with Crippen LogP contribution in [0, 0.1) is 6.92 Å². The third-order valence-corrected chi connectivity index (χ3v) is 3.93. The van der Waals surface area contributed by atoms with Gasteiger partial charge in [0.1, 0.15) is 0 Å². The number of carbonyl (C=O) groups excluding carboxylic acids is 2. The van der Waals surface area contributed by atoms with Gasteiger partial charge in [-0.15, -0.1) is 0 Å². The van der Waals surface area contributed by atoms with Gasteiger partial charge in [-0.2, -0.15) is 0 Å². The first-order chi connectivity index (χ1) is 10.5. The van der Waals surface area contributed by atoms with Crippen molar-refractivity contribution in [3.05, 3.63) is 35.4 Å². The lowest BCUT2D eigenvalue weighted by Crippen LogP contribution is -2.54. The smallest absolute Gasteiger partial charge is 0.317 e. The summed E-state index contributed by atoms with van der Waals surface area (Å²) in [6, 6.07) is 8.06. The van der Waals surface area contributed by atoms with E-state index in [0.717, 1.165) is 11.1 Å². The van der Waals surface area contributed by atoms with Crippen LogP contribution in [0.4, 0.5) is 4.79 Å². The van der Waals surface area contributed by atoms with Crippen LogP contribution < -0.4 is 5.32 Å². The molecule has 0 aliphatic carbocycles. The second kappa shape index (κ2) is 7.29. The Morgan fingerprint density at radius 3 is 2.27 bits per heavy atom. The number of piperazine rings is 1. The lowest BCUT2D eigenvalue weighted by Gasteiger charge is -2.35. The summed E-state index contributed by atoms with van der Waals surface area (Å²) < 4.78 is 0. The SMILES string of the molecule is Cc1ccccc1CC(=O)N1CCN(C(=O)NC(C)C)CC1. The molecule has 0 radical (unpaired) electrons. The maximum atomic E-state index is 12.4. The first-order valence-corrected chi connectivity index (χ1v) is 7.85. The van der Waals surface area contributed by atoms with Crippen molar-refractivity contribution in [1.82, 2.24) is 15.1 Å². The zero-order chi connectivity index (χ0) is 16.1. The number of urea groups is 1. The standard InChI is InChI=1S/C17H25N3O2/c1-13(2)18-17(22)20-10-8-19(9-11-20)16(21)12-15-7-5-4-6-14(15)3/h4-7,13H,8-12H2,1-3H3,(H,18,22). The third kappa shape index (κ3) is 4.23. The lowest BCUT2D eigenvalue weighted by molar-refractivity contribution is -0.131. The summed E-state index contributed by atoms with van der Waals surface area (Å²) in [5.74, 6) is 0.137. The van der Waals surface area contributed by atoms with Crippen LogP contribution >= 0.6 is 0 Å². The molecule has 0 atom stereocenters. The second-order valence-corrected chi connectivity index (χ2v) is 6.08. The van der Waals surface area contributed by atoms with Crippen LogP contribution in [-0.4, -0.2) is 54.0 Å². The van der Waals surface area contributed by atoms with Crippen molar-refractivity contribution in [2.24, 2.45) is 0 Å². The van der Waals surface area contributed by atoms with E-state index in [1.54, 1.807) is 4.90 Å². The number of benzene rings is 1. The van der Waals surface area contributed by atoms with Crippen molar-refractivity contribution in [2.45, 2.75) is 33.2 Å². The Kier molecular flexibility index (Phi) is 5.41. The van der Waals surface area contributed by atoms with Gasteiger partial charge in [0.05, 0.1) is 6.42 Å². The van der Waals surface area contributed by atoms with E-state index in [1.165, 1.54) is 0 Å². The van der Waals surface area contributed by atoms with Crippen molar-refractivity contribution in [2.75, 3.05) is 26.2 Å². The highest BCUT2D eigenvalue weighted by atomic mass is 16.2. The van der Waals surface area contributed by atoms with E-state index in [0.29, 0.717) is 32.6 Å². The summed E-state index contributed by atoms with van der Waals surface area (Å²) in [5.41, 5.74) is 2.22. The molecule has 0 saturated carbocycles. The number of amides is 3. The van der Waals surface area contributed by atoms with Gasteiger partial charge < -0.3 is 15.1 Å². The van der Waals surface area contributed by atoms with Gasteiger partial charge in [-0.25, -0.2) is 4.79 Å². The minimum atomic E-state index is -0.0407. The van der Waals surface area contributed by atoms with Gasteiger partial charge >= 0.3 is 6.03 Å². The van der Waals surface area contributed by atoms with Gasteiger partial charge in [0.15, 0.2) is 0 Å². The molecular weight excluding hydrogens is 278 g/mol. The van der Waals surface area contributed by atoms with Gasteiger partial charge in [-0.3, -0.25) is 4.79 Å². The Hall–Kier alpha value is -2.04. The summed E-state index contributed by atoms with van der Waals surface area (Å²) in [6.07, 6.45) is 0.435. The van der Waals surface area contributed by atoms with Gasteiger partial charge in [-0.1, -0.05) is 24.3 Å². The number of nitrogens with one attached hydrogen (secondary N) is 1. The Morgan fingerprint density at radius 1 is 1.09 bits per heavy atom. The first kappa shape index (κ1) is 16.3. The fourth-order valence-corrected chi connectivity index (χ4v) is 2.58. The highest BCUT2D eigenvalue weighted by Crippen LogP contribution is 2.11. The van der Waals surface area contributed by atoms with Crippen molar-refractivity contribution < 1.29 is 9.59 Å². The van der Waals surface area contributed by atoms with Crippen LogP contribution in [0.1, 0.15) is 25.0 Å². The van der Waals surface area contributed by atoms with E-state index in [4.69, 9.17) is 0 Å². The van der Waals surface area contributed by atoms with Crippen LogP contribution in [0.25, 0.3) is 0 Å². The molecule has 1 aromatic carbocycles. The summed E-state index contributed by atoms with van der Waals surface area (Å²) >= 11 is 0. The molecule has 22 heavy (non-hydrogen) atoms. The minimum absolute atomic E-state index is 0.0407. The van der Waals surface area contributed by atoms with E-state index in [9.17, 15) is 9.59 Å². The quantitative estimate of drug-likeness (QED) is 0.926. The highest BCUT2D eigenvalue weighted by molar-refractivity contribution is 5.80. The molecule has 1 fully saturated rings. The molecule has 120 valence electrons. The van der Waals surface area contributed by atoms with Gasteiger partial charge in [0, 0.05) is 32.2 Å². The van der Waals surface area contributed by atoms with Crippen LogP contribution in [0.15, 0.2) is 24.3 Å². The summed E-state index contributed by atoms with van der Waals surface area (Å²) in [5, 5.41) is 2.89. The average Bonchev–Trinajstić information content (AvgIpc) is 2.49. The van der Waals surface area contributed by atoms with Gasteiger partial charge in [-0.05, 0) is 31.9 Å². The number of nitrogens with zero attached hydrogens (tertiary/aromatic N) is 2. The Labute approximate surface area is 132 Å². The summed E-state index contributed by atoms with van der Waals surface area (Å²) in [4.78, 5) is 27.9. The molecule has 1 aliphatic rings. The molecule has 0 unspecified atom stereocenters. The summed E-state index contributed by atoms with van der Waals surface area (Å²) in [7, 11) is 0. The molecule has 0 aromatic heterocycles. The molecule has 1 N–H and O–H groups in total. The third-order valence-electron chi connectivity index (χ3n) is 3.93. The van der Waals surface area contributed by atoms with Crippen LogP contribution in [0.3, 0.4) is 0 Å². The number of hydrogen-bond donors (Lipinski definition) is 1. The molecule has 1 saturated heterocycles. The largest absolute Gasteiger partial charge is 0.339 e. The Balaban J connectivity index is 1.85. The van der Waals surface area contributed by atoms with Crippen LogP contribution in [0.5, 0.6) is 0 Å². The molecule has 1 heterocycles. The number of hydrogen-bond acceptors (Lipinski definition) is 2. The molecule has 5 heteroatoms. The highest BCUT2D eigenvalue weighted by Gasteiger charge is 2.24. The zero-order valence-corrected chi connectivity index (χ0v) is 13.6. The van der Waals surface area contributed by atoms with E-state index < -0.39 is 0 Å². The van der Waals surface area contributed by atoms with Crippen molar-refractivity contribution in [1.29, 1.82) is 0 Å². The van der Waals surface area contributed by atoms with Crippen LogP contribution in [0.2, 0.25) is 0 Å². The Morgan fingerprint density at radius 2 is 1.68 bits per heavy atom. The maximum absolute atomic E-state index is 12.4. The van der Waals surface area contributed by atoms with Gasteiger partial charge in [0.25, 0.3) is 0 Å². The Bertz CT molecular complexity index is 534. The number of aryl methyl sites for hydroxylation is 1. The molecular formula is C17H25N3O2. The molecule has 5 nitrogen and oxygen atoms in total. The van der Waals surface area contributed by atoms with E-state index in [1.807, 2.05) is 49.9 Å².